The van der Waals surface area contributed by atoms with Gasteiger partial charge in [-0.3, -0.25) is 4.79 Å². The molecule has 3 N–H and O–H groups in total. The first-order valence-corrected chi connectivity index (χ1v) is 13.5. The first-order chi connectivity index (χ1) is 16.6. The van der Waals surface area contributed by atoms with Crippen LogP contribution < -0.4 is 16.0 Å². The van der Waals surface area contributed by atoms with E-state index in [2.05, 4.69) is 27.0 Å². The Hall–Kier alpha value is -2.68. The zero-order chi connectivity index (χ0) is 25.1. The fourth-order valence-electron chi connectivity index (χ4n) is 5.09. The van der Waals surface area contributed by atoms with E-state index in [4.69, 9.17) is 4.98 Å². The first-order valence-electron chi connectivity index (χ1n) is 12.7. The van der Waals surface area contributed by atoms with Crippen LogP contribution in [0.5, 0.6) is 0 Å². The number of aryl methyl sites for hydroxylation is 1. The van der Waals surface area contributed by atoms with Gasteiger partial charge in [0.25, 0.3) is 0 Å². The van der Waals surface area contributed by atoms with Crippen molar-refractivity contribution < 1.29 is 9.59 Å². The summed E-state index contributed by atoms with van der Waals surface area (Å²) in [5.41, 5.74) is -0.102. The van der Waals surface area contributed by atoms with E-state index in [1.54, 1.807) is 11.3 Å². The van der Waals surface area contributed by atoms with Crippen LogP contribution in [0.2, 0.25) is 0 Å². The third-order valence-electron chi connectivity index (χ3n) is 6.79. The highest BCUT2D eigenvalue weighted by atomic mass is 32.1. The van der Waals surface area contributed by atoms with E-state index in [0.717, 1.165) is 53.6 Å². The zero-order valence-corrected chi connectivity index (χ0v) is 22.1. The van der Waals surface area contributed by atoms with Crippen LogP contribution in [-0.2, 0) is 4.79 Å². The molecule has 2 aromatic rings. The van der Waals surface area contributed by atoms with Crippen LogP contribution in [0, 0.1) is 6.92 Å². The van der Waals surface area contributed by atoms with Crippen LogP contribution in [0.25, 0.3) is 0 Å². The van der Waals surface area contributed by atoms with Crippen molar-refractivity contribution in [2.45, 2.75) is 89.6 Å². The van der Waals surface area contributed by atoms with Crippen molar-refractivity contribution in [2.75, 3.05) is 18.4 Å². The van der Waals surface area contributed by atoms with Crippen molar-refractivity contribution in [1.82, 2.24) is 25.5 Å². The lowest BCUT2D eigenvalue weighted by atomic mass is 9.79. The second kappa shape index (κ2) is 10.5. The van der Waals surface area contributed by atoms with Crippen molar-refractivity contribution in [2.24, 2.45) is 0 Å². The minimum Gasteiger partial charge on any atom is -0.341 e. The van der Waals surface area contributed by atoms with E-state index in [1.807, 2.05) is 50.9 Å². The number of urea groups is 1. The normalized spacial score (nSPS) is 18.7. The molecule has 190 valence electrons. The van der Waals surface area contributed by atoms with Crippen molar-refractivity contribution in [1.29, 1.82) is 0 Å². The average Bonchev–Trinajstić information content (AvgIpc) is 3.22. The molecule has 9 heteroatoms. The Kier molecular flexibility index (Phi) is 7.64. The van der Waals surface area contributed by atoms with Crippen molar-refractivity contribution in [3.05, 3.63) is 35.0 Å². The summed E-state index contributed by atoms with van der Waals surface area (Å²) in [5.74, 6) is 1.17. The lowest BCUT2D eigenvalue weighted by Crippen LogP contribution is -2.64. The second-order valence-corrected chi connectivity index (χ2v) is 12.1. The Labute approximate surface area is 212 Å². The summed E-state index contributed by atoms with van der Waals surface area (Å²) < 4.78 is 0. The quantitative estimate of drug-likeness (QED) is 0.533. The van der Waals surface area contributed by atoms with Gasteiger partial charge < -0.3 is 20.9 Å². The van der Waals surface area contributed by atoms with Gasteiger partial charge in [-0.2, -0.15) is 0 Å². The van der Waals surface area contributed by atoms with Crippen LogP contribution >= 0.6 is 11.3 Å². The smallest absolute Gasteiger partial charge is 0.316 e. The van der Waals surface area contributed by atoms with E-state index < -0.39 is 5.54 Å². The molecule has 8 nitrogen and oxygen atoms in total. The molecule has 2 aromatic heterocycles. The van der Waals surface area contributed by atoms with Gasteiger partial charge in [0.1, 0.15) is 11.4 Å². The molecule has 1 aliphatic carbocycles. The van der Waals surface area contributed by atoms with E-state index in [9.17, 15) is 9.59 Å². The Bertz CT molecular complexity index is 1030. The summed E-state index contributed by atoms with van der Waals surface area (Å²) in [6.07, 6.45) is 8.01. The van der Waals surface area contributed by atoms with Crippen LogP contribution in [0.1, 0.15) is 82.2 Å². The monoisotopic (exact) mass is 498 g/mol. The number of thiazole rings is 1. The zero-order valence-electron chi connectivity index (χ0n) is 21.3. The molecule has 0 bridgehead atoms. The number of nitrogens with zero attached hydrogens (tertiary/aromatic N) is 3. The fraction of sp³-hybridized carbons (Fsp3) is 0.615. The minimum atomic E-state index is -0.797. The van der Waals surface area contributed by atoms with Crippen molar-refractivity contribution in [3.63, 3.8) is 0 Å². The number of rotatable bonds is 5. The van der Waals surface area contributed by atoms with E-state index >= 15 is 0 Å². The number of nitrogens with one attached hydrogen (secondary N) is 3. The molecule has 1 aliphatic heterocycles. The van der Waals surface area contributed by atoms with Crippen LogP contribution in [-0.4, -0.2) is 51.0 Å². The molecule has 0 atom stereocenters. The molecule has 1 saturated heterocycles. The van der Waals surface area contributed by atoms with E-state index in [-0.39, 0.29) is 17.5 Å². The molecule has 3 amide bonds. The van der Waals surface area contributed by atoms with Crippen LogP contribution in [0.4, 0.5) is 15.7 Å². The van der Waals surface area contributed by atoms with Gasteiger partial charge in [-0.05, 0) is 65.5 Å². The number of piperidine rings is 1. The highest BCUT2D eigenvalue weighted by Gasteiger charge is 2.44. The van der Waals surface area contributed by atoms with Gasteiger partial charge >= 0.3 is 6.03 Å². The van der Waals surface area contributed by atoms with Crippen molar-refractivity contribution in [3.8, 4) is 0 Å². The third-order valence-corrected chi connectivity index (χ3v) is 7.61. The fourth-order valence-corrected chi connectivity index (χ4v) is 5.76. The maximum absolute atomic E-state index is 13.7. The molecule has 3 heterocycles. The Morgan fingerprint density at radius 3 is 2.46 bits per heavy atom. The number of carbonyl (C=O) groups excluding carboxylic acids is 2. The predicted molar refractivity (Wildman–Crippen MR) is 140 cm³/mol. The summed E-state index contributed by atoms with van der Waals surface area (Å²) in [7, 11) is 0. The molecule has 0 aromatic carbocycles. The molecule has 35 heavy (non-hydrogen) atoms. The van der Waals surface area contributed by atoms with Gasteiger partial charge in [0.05, 0.1) is 0 Å². The molecule has 2 fully saturated rings. The topological polar surface area (TPSA) is 99.3 Å². The maximum Gasteiger partial charge on any atom is 0.316 e. The summed E-state index contributed by atoms with van der Waals surface area (Å²) in [6, 6.07) is 5.80. The Morgan fingerprint density at radius 1 is 1.11 bits per heavy atom. The van der Waals surface area contributed by atoms with E-state index in [1.165, 1.54) is 0 Å². The minimum absolute atomic E-state index is 0.0715. The third kappa shape index (κ3) is 6.51. The number of hydrogen-bond donors (Lipinski definition) is 3. The predicted octanol–water partition coefficient (Wildman–Crippen LogP) is 5.10. The summed E-state index contributed by atoms with van der Waals surface area (Å²) >= 11 is 1.61. The summed E-state index contributed by atoms with van der Waals surface area (Å²) in [6.45, 7) is 9.24. The molecule has 2 aliphatic rings. The van der Waals surface area contributed by atoms with Gasteiger partial charge in [-0.1, -0.05) is 25.3 Å². The van der Waals surface area contributed by atoms with Gasteiger partial charge in [0.15, 0.2) is 5.13 Å². The molecule has 0 radical (unpaired) electrons. The summed E-state index contributed by atoms with van der Waals surface area (Å²) in [4.78, 5) is 38.7. The van der Waals surface area contributed by atoms with Gasteiger partial charge in [0, 0.05) is 41.3 Å². The second-order valence-electron chi connectivity index (χ2n) is 10.9. The Morgan fingerprint density at radius 2 is 1.83 bits per heavy atom. The van der Waals surface area contributed by atoms with Crippen LogP contribution in [0.15, 0.2) is 24.4 Å². The lowest BCUT2D eigenvalue weighted by molar-refractivity contribution is -0.140. The number of anilines is 2. The van der Waals surface area contributed by atoms with Gasteiger partial charge in [-0.15, -0.1) is 11.3 Å². The molecule has 0 unspecified atom stereocenters. The molecule has 4 rings (SSSR count). The number of likely N-dealkylation sites (tertiary alicyclic amines) is 1. The molecule has 0 spiro atoms. The maximum atomic E-state index is 13.7. The lowest BCUT2D eigenvalue weighted by Gasteiger charge is -2.42. The molecule has 1 saturated carbocycles. The number of aromatic nitrogens is 2. The van der Waals surface area contributed by atoms with Gasteiger partial charge in [0.2, 0.25) is 5.91 Å². The number of carbonyl (C=O) groups is 2. The first kappa shape index (κ1) is 25.4. The molecular weight excluding hydrogens is 460 g/mol. The largest absolute Gasteiger partial charge is 0.341 e. The number of amides is 3. The number of pyridine rings is 1. The highest BCUT2D eigenvalue weighted by Crippen LogP contribution is 2.34. The van der Waals surface area contributed by atoms with Gasteiger partial charge in [-0.25, -0.2) is 14.8 Å². The average molecular weight is 499 g/mol. The standard InChI is InChI=1S/C26H38N6O2S/c1-18-17-27-24(35-18)29-21-10-8-9-20(28-21)19-11-15-32(16-12-19)22(33)26(13-6-5-7-14-26)31-23(34)30-25(2,3)4/h8-10,17,19H,5-7,11-16H2,1-4H3,(H,27,28,29)(H2,30,31,34). The molecular formula is C26H38N6O2S. The highest BCUT2D eigenvalue weighted by molar-refractivity contribution is 7.15. The van der Waals surface area contributed by atoms with Crippen molar-refractivity contribution >= 4 is 34.2 Å². The van der Waals surface area contributed by atoms with Crippen LogP contribution in [0.3, 0.4) is 0 Å². The SMILES string of the molecule is Cc1cnc(Nc2cccc(C3CCN(C(=O)C4(NC(=O)NC(C)(C)C)CCCCC4)CC3)n2)s1. The Balaban J connectivity index is 1.39. The summed E-state index contributed by atoms with van der Waals surface area (Å²) in [5, 5.41) is 10.2. The number of hydrogen-bond acceptors (Lipinski definition) is 6. The van der Waals surface area contributed by atoms with E-state index in [0.29, 0.717) is 31.8 Å².